The predicted molar refractivity (Wildman–Crippen MR) is 110 cm³/mol. The quantitative estimate of drug-likeness (QED) is 0.437. The van der Waals surface area contributed by atoms with Crippen molar-refractivity contribution in [3.63, 3.8) is 0 Å². The van der Waals surface area contributed by atoms with E-state index in [-0.39, 0.29) is 22.5 Å². The van der Waals surface area contributed by atoms with Crippen LogP contribution in [0.3, 0.4) is 0 Å². The molecule has 2 N–H and O–H groups in total. The molecule has 0 saturated carbocycles. The highest BCUT2D eigenvalue weighted by atomic mass is 35.5. The highest BCUT2D eigenvalue weighted by Crippen LogP contribution is 2.34. The standard InChI is InChI=1S/C21H14ClF3N4O2/c22-16-9-8-13(11-15(16)21(23,24)25)12-27-29-19(30)14-5-1-2-6-17(14)28-20(31)18-7-3-4-10-26-18/h1-12H,(H,28,31)(H,29,30)/b27-12+. The predicted octanol–water partition coefficient (Wildman–Crippen LogP) is 4.77. The normalized spacial score (nSPS) is 11.4. The summed E-state index contributed by atoms with van der Waals surface area (Å²) in [5.41, 5.74) is 1.80. The number of hydrogen-bond acceptors (Lipinski definition) is 4. The minimum Gasteiger partial charge on any atom is -0.320 e. The van der Waals surface area contributed by atoms with Crippen LogP contribution in [0.2, 0.25) is 5.02 Å². The molecule has 158 valence electrons. The van der Waals surface area contributed by atoms with Crippen LogP contribution in [-0.4, -0.2) is 23.0 Å². The number of alkyl halides is 3. The monoisotopic (exact) mass is 446 g/mol. The summed E-state index contributed by atoms with van der Waals surface area (Å²) in [6.45, 7) is 0. The summed E-state index contributed by atoms with van der Waals surface area (Å²) in [5, 5.41) is 5.84. The molecule has 3 rings (SSSR count). The molecule has 3 aromatic rings. The van der Waals surface area contributed by atoms with Gasteiger partial charge in [0.1, 0.15) is 5.69 Å². The number of rotatable bonds is 5. The van der Waals surface area contributed by atoms with E-state index in [0.29, 0.717) is 0 Å². The van der Waals surface area contributed by atoms with Gasteiger partial charge in [-0.15, -0.1) is 0 Å². The molecule has 0 spiro atoms. The summed E-state index contributed by atoms with van der Waals surface area (Å²) in [5.74, 6) is -1.18. The molecular formula is C21H14ClF3N4O2. The Morgan fingerprint density at radius 2 is 1.74 bits per heavy atom. The largest absolute Gasteiger partial charge is 0.417 e. The molecule has 0 atom stereocenters. The average Bonchev–Trinajstić information content (AvgIpc) is 2.75. The number of pyridine rings is 1. The van der Waals surface area contributed by atoms with Crippen LogP contribution >= 0.6 is 11.6 Å². The Kier molecular flexibility index (Phi) is 6.66. The Hall–Kier alpha value is -3.72. The van der Waals surface area contributed by atoms with Crippen molar-refractivity contribution in [2.24, 2.45) is 5.10 Å². The van der Waals surface area contributed by atoms with Crippen molar-refractivity contribution in [3.05, 3.63) is 94.3 Å². The van der Waals surface area contributed by atoms with E-state index >= 15 is 0 Å². The summed E-state index contributed by atoms with van der Waals surface area (Å²) < 4.78 is 38.8. The van der Waals surface area contributed by atoms with Crippen LogP contribution in [0.4, 0.5) is 18.9 Å². The van der Waals surface area contributed by atoms with E-state index in [2.05, 4.69) is 20.8 Å². The number of anilines is 1. The van der Waals surface area contributed by atoms with Crippen LogP contribution in [0, 0.1) is 0 Å². The highest BCUT2D eigenvalue weighted by Gasteiger charge is 2.33. The van der Waals surface area contributed by atoms with Gasteiger partial charge in [-0.2, -0.15) is 18.3 Å². The molecule has 0 fully saturated rings. The van der Waals surface area contributed by atoms with Crippen LogP contribution in [0.15, 0.2) is 72.0 Å². The van der Waals surface area contributed by atoms with E-state index < -0.39 is 28.6 Å². The second-order valence-corrected chi connectivity index (χ2v) is 6.56. The Balaban J connectivity index is 1.73. The number of nitrogens with one attached hydrogen (secondary N) is 2. The lowest BCUT2D eigenvalue weighted by molar-refractivity contribution is -0.137. The summed E-state index contributed by atoms with van der Waals surface area (Å²) in [4.78, 5) is 28.7. The number of halogens is 4. The molecule has 0 aliphatic heterocycles. The first-order valence-electron chi connectivity index (χ1n) is 8.77. The molecule has 10 heteroatoms. The van der Waals surface area contributed by atoms with E-state index in [1.165, 1.54) is 30.5 Å². The van der Waals surface area contributed by atoms with Gasteiger partial charge in [0, 0.05) is 6.20 Å². The van der Waals surface area contributed by atoms with E-state index in [4.69, 9.17) is 11.6 Å². The first-order chi connectivity index (χ1) is 14.8. The third-order valence-corrected chi connectivity index (χ3v) is 4.32. The number of hydrazone groups is 1. The van der Waals surface area contributed by atoms with Gasteiger partial charge in [0.15, 0.2) is 0 Å². The zero-order valence-electron chi connectivity index (χ0n) is 15.7. The Morgan fingerprint density at radius 3 is 2.45 bits per heavy atom. The second-order valence-electron chi connectivity index (χ2n) is 6.15. The summed E-state index contributed by atoms with van der Waals surface area (Å²) >= 11 is 5.58. The number of amides is 2. The molecule has 2 aromatic carbocycles. The third-order valence-electron chi connectivity index (χ3n) is 3.99. The summed E-state index contributed by atoms with van der Waals surface area (Å²) in [6, 6.07) is 14.3. The molecular weight excluding hydrogens is 433 g/mol. The van der Waals surface area contributed by atoms with Crippen molar-refractivity contribution < 1.29 is 22.8 Å². The molecule has 1 aromatic heterocycles. The first kappa shape index (κ1) is 22.0. The van der Waals surface area contributed by atoms with Crippen molar-refractivity contribution in [3.8, 4) is 0 Å². The van der Waals surface area contributed by atoms with Crippen LogP contribution in [0.1, 0.15) is 32.0 Å². The van der Waals surface area contributed by atoms with Gasteiger partial charge in [0.2, 0.25) is 0 Å². The number of nitrogens with zero attached hydrogens (tertiary/aromatic N) is 2. The Morgan fingerprint density at radius 1 is 1.00 bits per heavy atom. The van der Waals surface area contributed by atoms with Crippen molar-refractivity contribution in [2.75, 3.05) is 5.32 Å². The van der Waals surface area contributed by atoms with Crippen molar-refractivity contribution in [2.45, 2.75) is 6.18 Å². The minimum absolute atomic E-state index is 0.0914. The van der Waals surface area contributed by atoms with E-state index in [9.17, 15) is 22.8 Å². The van der Waals surface area contributed by atoms with Crippen LogP contribution in [-0.2, 0) is 6.18 Å². The molecule has 31 heavy (non-hydrogen) atoms. The maximum atomic E-state index is 12.9. The molecule has 0 saturated heterocycles. The third kappa shape index (κ3) is 5.67. The smallest absolute Gasteiger partial charge is 0.320 e. The van der Waals surface area contributed by atoms with Gasteiger partial charge in [0.25, 0.3) is 11.8 Å². The molecule has 0 bridgehead atoms. The molecule has 0 aliphatic rings. The van der Waals surface area contributed by atoms with Crippen molar-refractivity contribution in [1.29, 1.82) is 0 Å². The lowest BCUT2D eigenvalue weighted by Crippen LogP contribution is -2.21. The van der Waals surface area contributed by atoms with E-state index in [1.807, 2.05) is 0 Å². The first-order valence-corrected chi connectivity index (χ1v) is 9.15. The molecule has 1 heterocycles. The van der Waals surface area contributed by atoms with Gasteiger partial charge >= 0.3 is 6.18 Å². The lowest BCUT2D eigenvalue weighted by atomic mass is 10.1. The van der Waals surface area contributed by atoms with E-state index in [0.717, 1.165) is 18.3 Å². The molecule has 0 radical (unpaired) electrons. The minimum atomic E-state index is -4.62. The van der Waals surface area contributed by atoms with Crippen LogP contribution < -0.4 is 10.7 Å². The van der Waals surface area contributed by atoms with Gasteiger partial charge < -0.3 is 5.32 Å². The fourth-order valence-electron chi connectivity index (χ4n) is 2.54. The number of carbonyl (C=O) groups excluding carboxylic acids is 2. The van der Waals surface area contributed by atoms with Gasteiger partial charge in [-0.05, 0) is 42.0 Å². The van der Waals surface area contributed by atoms with Crippen molar-refractivity contribution >= 4 is 35.3 Å². The van der Waals surface area contributed by atoms with Gasteiger partial charge in [0.05, 0.1) is 28.1 Å². The fraction of sp³-hybridized carbons (Fsp3) is 0.0476. The average molecular weight is 447 g/mol. The summed E-state index contributed by atoms with van der Waals surface area (Å²) in [6.07, 6.45) is -2.10. The Bertz CT molecular complexity index is 1130. The maximum Gasteiger partial charge on any atom is 0.417 e. The van der Waals surface area contributed by atoms with Crippen molar-refractivity contribution in [1.82, 2.24) is 10.4 Å². The number of carbonyl (C=O) groups is 2. The van der Waals surface area contributed by atoms with Gasteiger partial charge in [-0.3, -0.25) is 14.6 Å². The van der Waals surface area contributed by atoms with E-state index in [1.54, 1.807) is 24.3 Å². The Labute approximate surface area is 179 Å². The molecule has 2 amide bonds. The zero-order chi connectivity index (χ0) is 22.4. The number of hydrogen-bond donors (Lipinski definition) is 2. The molecule has 6 nitrogen and oxygen atoms in total. The van der Waals surface area contributed by atoms with Gasteiger partial charge in [-0.25, -0.2) is 5.43 Å². The molecule has 0 aliphatic carbocycles. The highest BCUT2D eigenvalue weighted by molar-refractivity contribution is 6.31. The van der Waals surface area contributed by atoms with Crippen LogP contribution in [0.25, 0.3) is 0 Å². The van der Waals surface area contributed by atoms with Crippen LogP contribution in [0.5, 0.6) is 0 Å². The SMILES string of the molecule is O=C(Nc1ccccc1C(=O)N/N=C/c1ccc(Cl)c(C(F)(F)F)c1)c1ccccn1. The molecule has 0 unspecified atom stereocenters. The maximum absolute atomic E-state index is 12.9. The number of para-hydroxylation sites is 1. The lowest BCUT2D eigenvalue weighted by Gasteiger charge is -2.10. The number of aromatic nitrogens is 1. The number of benzene rings is 2. The second kappa shape index (κ2) is 9.40. The fourth-order valence-corrected chi connectivity index (χ4v) is 2.76. The zero-order valence-corrected chi connectivity index (χ0v) is 16.4. The van der Waals surface area contributed by atoms with Gasteiger partial charge in [-0.1, -0.05) is 35.9 Å². The topological polar surface area (TPSA) is 83.5 Å². The summed E-state index contributed by atoms with van der Waals surface area (Å²) in [7, 11) is 0.